The van der Waals surface area contributed by atoms with Crippen LogP contribution in [0.3, 0.4) is 0 Å². The molecule has 18 heavy (non-hydrogen) atoms. The van der Waals surface area contributed by atoms with Crippen LogP contribution in [0.5, 0.6) is 0 Å². The number of aliphatic imine (C=N–C) groups is 1. The summed E-state index contributed by atoms with van der Waals surface area (Å²) in [6, 6.07) is 2.16. The van der Waals surface area contributed by atoms with Crippen molar-refractivity contribution in [3.8, 4) is 0 Å². The van der Waals surface area contributed by atoms with E-state index < -0.39 is 0 Å². The molecule has 1 aromatic heterocycles. The summed E-state index contributed by atoms with van der Waals surface area (Å²) < 4.78 is 0. The Balaban J connectivity index is 0.00000162. The van der Waals surface area contributed by atoms with Crippen molar-refractivity contribution in [2.24, 2.45) is 4.99 Å². The number of allylic oxidation sites excluding steroid dienone is 2. The van der Waals surface area contributed by atoms with Gasteiger partial charge in [0, 0.05) is 17.1 Å². The zero-order valence-corrected chi connectivity index (χ0v) is 13.4. The largest absolute Gasteiger partial charge is 0.359 e. The highest BCUT2D eigenvalue weighted by Gasteiger charge is 2.16. The van der Waals surface area contributed by atoms with E-state index in [1.165, 1.54) is 28.1 Å². The summed E-state index contributed by atoms with van der Waals surface area (Å²) in [6.07, 6.45) is 3.21. The molecule has 0 spiro atoms. The topological polar surface area (TPSA) is 28.1 Å². The minimum atomic E-state index is 0. The van der Waals surface area contributed by atoms with Gasteiger partial charge in [-0.1, -0.05) is 6.92 Å². The minimum Gasteiger partial charge on any atom is -0.359 e. The van der Waals surface area contributed by atoms with Crippen LogP contribution in [0.4, 0.5) is 0 Å². The average molecular weight is 309 g/mol. The number of nitrogens with one attached hydrogen (secondary N) is 1. The van der Waals surface area contributed by atoms with Gasteiger partial charge in [-0.2, -0.15) is 0 Å². The SMILES string of the molecule is Br.CCC1=C(C)C(=Cc2[nH]c(C)cc2C)N=C1C. The van der Waals surface area contributed by atoms with Gasteiger partial charge in [-0.3, -0.25) is 4.99 Å². The Morgan fingerprint density at radius 3 is 2.33 bits per heavy atom. The molecule has 1 aromatic rings. The van der Waals surface area contributed by atoms with Crippen molar-refractivity contribution in [1.82, 2.24) is 4.98 Å². The first kappa shape index (κ1) is 15.0. The number of hydrogen-bond acceptors (Lipinski definition) is 1. The summed E-state index contributed by atoms with van der Waals surface area (Å²) in [5.74, 6) is 0. The molecule has 0 atom stereocenters. The Labute approximate surface area is 120 Å². The van der Waals surface area contributed by atoms with Crippen molar-refractivity contribution in [3.63, 3.8) is 0 Å². The highest BCUT2D eigenvalue weighted by molar-refractivity contribution is 8.93. The first-order valence-corrected chi connectivity index (χ1v) is 6.16. The Bertz CT molecular complexity index is 545. The van der Waals surface area contributed by atoms with Gasteiger partial charge in [-0.25, -0.2) is 0 Å². The molecule has 0 fully saturated rings. The molecular formula is C15H21BrN2. The maximum atomic E-state index is 4.65. The second-order valence-electron chi connectivity index (χ2n) is 4.73. The predicted octanol–water partition coefficient (Wildman–Crippen LogP) is 4.75. The molecular weight excluding hydrogens is 288 g/mol. The molecule has 0 aromatic carbocycles. The Hall–Kier alpha value is -1.09. The van der Waals surface area contributed by atoms with Crippen LogP contribution in [-0.2, 0) is 0 Å². The third-order valence-corrected chi connectivity index (χ3v) is 3.39. The van der Waals surface area contributed by atoms with E-state index in [1.54, 1.807) is 0 Å². The van der Waals surface area contributed by atoms with E-state index in [0.717, 1.165) is 17.8 Å². The summed E-state index contributed by atoms with van der Waals surface area (Å²) in [7, 11) is 0. The molecule has 1 aliphatic rings. The molecule has 0 unspecified atom stereocenters. The summed E-state index contributed by atoms with van der Waals surface area (Å²) in [5, 5.41) is 0. The smallest absolute Gasteiger partial charge is 0.0686 e. The van der Waals surface area contributed by atoms with Crippen LogP contribution in [0.15, 0.2) is 27.9 Å². The fraction of sp³-hybridized carbons (Fsp3) is 0.400. The maximum Gasteiger partial charge on any atom is 0.0686 e. The van der Waals surface area contributed by atoms with Gasteiger partial charge < -0.3 is 4.98 Å². The molecule has 3 heteroatoms. The van der Waals surface area contributed by atoms with E-state index in [4.69, 9.17) is 0 Å². The zero-order valence-electron chi connectivity index (χ0n) is 11.7. The van der Waals surface area contributed by atoms with Gasteiger partial charge in [0.05, 0.1) is 5.70 Å². The van der Waals surface area contributed by atoms with Crippen LogP contribution in [0.25, 0.3) is 6.08 Å². The van der Waals surface area contributed by atoms with Crippen LogP contribution < -0.4 is 0 Å². The van der Waals surface area contributed by atoms with Crippen LogP contribution in [0, 0.1) is 13.8 Å². The van der Waals surface area contributed by atoms with Crippen LogP contribution in [-0.4, -0.2) is 10.7 Å². The molecule has 1 aliphatic heterocycles. The van der Waals surface area contributed by atoms with Gasteiger partial charge in [0.15, 0.2) is 0 Å². The van der Waals surface area contributed by atoms with E-state index in [2.05, 4.69) is 56.7 Å². The molecule has 1 N–H and O–H groups in total. The number of H-pyrrole nitrogens is 1. The third kappa shape index (κ3) is 2.66. The summed E-state index contributed by atoms with van der Waals surface area (Å²) in [6.45, 7) is 10.6. The summed E-state index contributed by atoms with van der Waals surface area (Å²) in [4.78, 5) is 8.02. The number of nitrogens with zero attached hydrogens (tertiary/aromatic N) is 1. The molecule has 0 amide bonds. The monoisotopic (exact) mass is 308 g/mol. The van der Waals surface area contributed by atoms with Gasteiger partial charge in [-0.05, 0) is 63.0 Å². The molecule has 0 radical (unpaired) electrons. The van der Waals surface area contributed by atoms with Crippen LogP contribution >= 0.6 is 17.0 Å². The molecule has 2 rings (SSSR count). The number of aromatic nitrogens is 1. The zero-order chi connectivity index (χ0) is 12.6. The normalized spacial score (nSPS) is 17.2. The van der Waals surface area contributed by atoms with Gasteiger partial charge in [-0.15, -0.1) is 17.0 Å². The quantitative estimate of drug-likeness (QED) is 0.816. The predicted molar refractivity (Wildman–Crippen MR) is 84.7 cm³/mol. The van der Waals surface area contributed by atoms with Crippen LogP contribution in [0.2, 0.25) is 0 Å². The minimum absolute atomic E-state index is 0. The third-order valence-electron chi connectivity index (χ3n) is 3.39. The Morgan fingerprint density at radius 1 is 1.22 bits per heavy atom. The van der Waals surface area contributed by atoms with Crippen molar-refractivity contribution in [2.45, 2.75) is 41.0 Å². The Kier molecular flexibility index (Phi) is 4.74. The number of hydrogen-bond donors (Lipinski definition) is 1. The summed E-state index contributed by atoms with van der Waals surface area (Å²) in [5.41, 5.74) is 8.62. The molecule has 2 nitrogen and oxygen atoms in total. The lowest BCUT2D eigenvalue weighted by atomic mass is 10.0. The molecule has 2 heterocycles. The fourth-order valence-corrected chi connectivity index (χ4v) is 2.46. The fourth-order valence-electron chi connectivity index (χ4n) is 2.46. The van der Waals surface area contributed by atoms with Gasteiger partial charge in [0.25, 0.3) is 0 Å². The van der Waals surface area contributed by atoms with Crippen molar-refractivity contribution in [3.05, 3.63) is 39.9 Å². The molecule has 98 valence electrons. The number of aromatic amines is 1. The van der Waals surface area contributed by atoms with Crippen molar-refractivity contribution >= 4 is 28.8 Å². The van der Waals surface area contributed by atoms with Gasteiger partial charge >= 0.3 is 0 Å². The lowest BCUT2D eigenvalue weighted by Crippen LogP contribution is -1.91. The van der Waals surface area contributed by atoms with Crippen LogP contribution in [0.1, 0.15) is 44.1 Å². The molecule has 0 saturated carbocycles. The van der Waals surface area contributed by atoms with Crippen molar-refractivity contribution in [1.29, 1.82) is 0 Å². The van der Waals surface area contributed by atoms with E-state index in [9.17, 15) is 0 Å². The Morgan fingerprint density at radius 2 is 1.89 bits per heavy atom. The summed E-state index contributed by atoms with van der Waals surface area (Å²) >= 11 is 0. The number of aryl methyl sites for hydroxylation is 2. The lowest BCUT2D eigenvalue weighted by Gasteiger charge is -2.00. The standard InChI is InChI=1S/C15H20N2.BrH/c1-6-13-11(4)15(17-12(13)5)8-14-9(2)7-10(3)16-14;/h7-8,16H,6H2,1-5H3;1H. The van der Waals surface area contributed by atoms with Gasteiger partial charge in [0.1, 0.15) is 0 Å². The van der Waals surface area contributed by atoms with Crippen molar-refractivity contribution < 1.29 is 0 Å². The van der Waals surface area contributed by atoms with E-state index in [1.807, 2.05) is 0 Å². The number of rotatable bonds is 2. The maximum absolute atomic E-state index is 4.65. The second-order valence-corrected chi connectivity index (χ2v) is 4.73. The highest BCUT2D eigenvalue weighted by Crippen LogP contribution is 2.29. The molecule has 0 bridgehead atoms. The first-order valence-electron chi connectivity index (χ1n) is 6.16. The highest BCUT2D eigenvalue weighted by atomic mass is 79.9. The van der Waals surface area contributed by atoms with Crippen molar-refractivity contribution in [2.75, 3.05) is 0 Å². The van der Waals surface area contributed by atoms with Gasteiger partial charge in [0.2, 0.25) is 0 Å². The first-order chi connectivity index (χ1) is 8.02. The number of halogens is 1. The molecule has 0 aliphatic carbocycles. The molecule has 0 saturated heterocycles. The van der Waals surface area contributed by atoms with E-state index in [0.29, 0.717) is 0 Å². The second kappa shape index (κ2) is 5.70. The van der Waals surface area contributed by atoms with E-state index in [-0.39, 0.29) is 17.0 Å². The average Bonchev–Trinajstić information content (AvgIpc) is 2.69. The van der Waals surface area contributed by atoms with E-state index >= 15 is 0 Å². The lowest BCUT2D eigenvalue weighted by molar-refractivity contribution is 1.15.